The van der Waals surface area contributed by atoms with Gasteiger partial charge in [-0.05, 0) is 48.7 Å². The van der Waals surface area contributed by atoms with E-state index in [0.717, 1.165) is 22.4 Å². The molecule has 3 nitrogen and oxygen atoms in total. The Morgan fingerprint density at radius 2 is 1.63 bits per heavy atom. The van der Waals surface area contributed by atoms with Crippen molar-refractivity contribution in [2.45, 2.75) is 25.4 Å². The average Bonchev–Trinajstić information content (AvgIpc) is 3.07. The van der Waals surface area contributed by atoms with Crippen molar-refractivity contribution in [1.29, 1.82) is 0 Å². The minimum Gasteiger partial charge on any atom is -0.349 e. The van der Waals surface area contributed by atoms with E-state index >= 15 is 0 Å². The lowest BCUT2D eigenvalue weighted by atomic mass is 9.92. The van der Waals surface area contributed by atoms with Crippen LogP contribution in [-0.4, -0.2) is 9.55 Å². The molecule has 0 radical (unpaired) electrons. The summed E-state index contributed by atoms with van der Waals surface area (Å²) in [5.41, 5.74) is 6.11. The number of hydrogen-bond donors (Lipinski definition) is 1. The highest BCUT2D eigenvalue weighted by molar-refractivity contribution is 9.10. The van der Waals surface area contributed by atoms with Crippen molar-refractivity contribution in [1.82, 2.24) is 9.55 Å². The lowest BCUT2D eigenvalue weighted by molar-refractivity contribution is 0.477. The average molecular weight is 418 g/mol. The van der Waals surface area contributed by atoms with Gasteiger partial charge in [-0.25, -0.2) is 4.98 Å². The fourth-order valence-electron chi connectivity index (χ4n) is 3.99. The molecule has 1 N–H and O–H groups in total. The minimum absolute atomic E-state index is 0.230. The lowest BCUT2D eigenvalue weighted by Gasteiger charge is -2.33. The Bertz CT molecular complexity index is 1100. The second-order valence-corrected chi connectivity index (χ2v) is 8.12. The smallest absolute Gasteiger partial charge is 0.204 e. The van der Waals surface area contributed by atoms with E-state index in [0.29, 0.717) is 0 Å². The Kier molecular flexibility index (Phi) is 4.01. The molecule has 2 atom stereocenters. The third-order valence-corrected chi connectivity index (χ3v) is 5.93. The molecule has 0 saturated carbocycles. The molecule has 3 aromatic carbocycles. The fourth-order valence-corrected chi connectivity index (χ4v) is 4.26. The Labute approximate surface area is 167 Å². The zero-order valence-electron chi connectivity index (χ0n) is 15.1. The summed E-state index contributed by atoms with van der Waals surface area (Å²) in [4.78, 5) is 4.88. The van der Waals surface area contributed by atoms with Crippen LogP contribution in [0, 0.1) is 6.92 Å². The molecule has 4 aromatic rings. The summed E-state index contributed by atoms with van der Waals surface area (Å²) in [6.07, 6.45) is 0.984. The number of halogens is 1. The van der Waals surface area contributed by atoms with Crippen LogP contribution in [0.4, 0.5) is 5.95 Å². The number of anilines is 1. The number of nitrogens with one attached hydrogen (secondary N) is 1. The van der Waals surface area contributed by atoms with E-state index in [1.165, 1.54) is 22.2 Å². The number of para-hydroxylation sites is 2. The second kappa shape index (κ2) is 6.54. The predicted molar refractivity (Wildman–Crippen MR) is 114 cm³/mol. The highest BCUT2D eigenvalue weighted by Gasteiger charge is 2.30. The molecule has 0 bridgehead atoms. The third-order valence-electron chi connectivity index (χ3n) is 5.40. The molecule has 0 spiro atoms. The first kappa shape index (κ1) is 16.6. The first-order valence-electron chi connectivity index (χ1n) is 9.24. The van der Waals surface area contributed by atoms with Gasteiger partial charge in [0.05, 0.1) is 23.1 Å². The van der Waals surface area contributed by atoms with Crippen molar-refractivity contribution in [3.8, 4) is 0 Å². The normalized spacial score (nSPS) is 18.9. The number of imidazole rings is 1. The maximum Gasteiger partial charge on any atom is 0.204 e. The van der Waals surface area contributed by atoms with Crippen molar-refractivity contribution in [2.24, 2.45) is 0 Å². The number of fused-ring (bicyclic) bond motifs is 3. The number of nitrogens with zero attached hydrogens (tertiary/aromatic N) is 2. The predicted octanol–water partition coefficient (Wildman–Crippen LogP) is 6.25. The zero-order chi connectivity index (χ0) is 18.4. The van der Waals surface area contributed by atoms with Crippen LogP contribution in [0.15, 0.2) is 77.3 Å². The summed E-state index contributed by atoms with van der Waals surface area (Å²) in [6, 6.07) is 26.4. The first-order valence-corrected chi connectivity index (χ1v) is 10.0. The molecule has 4 heteroatoms. The first-order chi connectivity index (χ1) is 13.2. The molecule has 134 valence electrons. The van der Waals surface area contributed by atoms with Crippen LogP contribution >= 0.6 is 15.9 Å². The van der Waals surface area contributed by atoms with Gasteiger partial charge < -0.3 is 9.88 Å². The minimum atomic E-state index is 0.230. The van der Waals surface area contributed by atoms with E-state index in [9.17, 15) is 0 Å². The maximum atomic E-state index is 4.88. The highest BCUT2D eigenvalue weighted by atomic mass is 79.9. The van der Waals surface area contributed by atoms with Gasteiger partial charge in [0.15, 0.2) is 0 Å². The second-order valence-electron chi connectivity index (χ2n) is 7.20. The summed E-state index contributed by atoms with van der Waals surface area (Å²) in [6.45, 7) is 2.13. The van der Waals surface area contributed by atoms with E-state index < -0.39 is 0 Å². The van der Waals surface area contributed by atoms with Gasteiger partial charge in [-0.15, -0.1) is 0 Å². The number of aromatic nitrogens is 2. The Balaban J connectivity index is 1.65. The van der Waals surface area contributed by atoms with E-state index in [-0.39, 0.29) is 12.1 Å². The van der Waals surface area contributed by atoms with Gasteiger partial charge in [-0.1, -0.05) is 70.0 Å². The van der Waals surface area contributed by atoms with Crippen LogP contribution in [0.25, 0.3) is 11.0 Å². The zero-order valence-corrected chi connectivity index (χ0v) is 16.6. The van der Waals surface area contributed by atoms with Crippen molar-refractivity contribution in [2.75, 3.05) is 5.32 Å². The summed E-state index contributed by atoms with van der Waals surface area (Å²) >= 11 is 3.54. The number of benzene rings is 3. The number of rotatable bonds is 2. The summed E-state index contributed by atoms with van der Waals surface area (Å²) in [5, 5.41) is 3.67. The van der Waals surface area contributed by atoms with Crippen LogP contribution in [0.3, 0.4) is 0 Å². The molecule has 0 amide bonds. The SMILES string of the molecule is Cc1ccc(C2CC(c3ccc(Br)cc3)Nc3nc4ccccc4n32)cc1. The van der Waals surface area contributed by atoms with Crippen molar-refractivity contribution < 1.29 is 0 Å². The quantitative estimate of drug-likeness (QED) is 0.417. The highest BCUT2D eigenvalue weighted by Crippen LogP contribution is 2.41. The maximum absolute atomic E-state index is 4.88. The molecule has 0 saturated heterocycles. The molecule has 1 aromatic heterocycles. The van der Waals surface area contributed by atoms with Gasteiger partial charge in [0.1, 0.15) is 0 Å². The van der Waals surface area contributed by atoms with Crippen LogP contribution < -0.4 is 5.32 Å². The summed E-state index contributed by atoms with van der Waals surface area (Å²) < 4.78 is 3.46. The molecule has 1 aliphatic rings. The van der Waals surface area contributed by atoms with E-state index in [1.807, 2.05) is 0 Å². The summed E-state index contributed by atoms with van der Waals surface area (Å²) in [7, 11) is 0. The molecule has 5 rings (SSSR count). The van der Waals surface area contributed by atoms with Crippen LogP contribution in [0.1, 0.15) is 35.2 Å². The van der Waals surface area contributed by atoms with Gasteiger partial charge in [-0.3, -0.25) is 0 Å². The Morgan fingerprint density at radius 1 is 0.926 bits per heavy atom. The van der Waals surface area contributed by atoms with Crippen LogP contribution in [0.5, 0.6) is 0 Å². The molecule has 0 fully saturated rings. The number of aryl methyl sites for hydroxylation is 1. The monoisotopic (exact) mass is 417 g/mol. The standard InChI is InChI=1S/C23H20BrN3/c1-15-6-8-17(9-7-15)22-14-20(16-10-12-18(24)13-11-16)26-23-25-19-4-2-3-5-21(19)27(22)23/h2-13,20,22H,14H2,1H3,(H,25,26). The summed E-state index contributed by atoms with van der Waals surface area (Å²) in [5.74, 6) is 0.945. The largest absolute Gasteiger partial charge is 0.349 e. The van der Waals surface area contributed by atoms with E-state index in [4.69, 9.17) is 4.98 Å². The van der Waals surface area contributed by atoms with Gasteiger partial charge in [0.2, 0.25) is 5.95 Å². The van der Waals surface area contributed by atoms with E-state index in [1.54, 1.807) is 0 Å². The van der Waals surface area contributed by atoms with Crippen molar-refractivity contribution in [3.05, 3.63) is 94.0 Å². The van der Waals surface area contributed by atoms with Crippen molar-refractivity contribution >= 4 is 32.9 Å². The molecule has 2 unspecified atom stereocenters. The molecule has 0 aliphatic carbocycles. The molecule has 27 heavy (non-hydrogen) atoms. The third kappa shape index (κ3) is 2.94. The van der Waals surface area contributed by atoms with Gasteiger partial charge >= 0.3 is 0 Å². The Morgan fingerprint density at radius 3 is 2.41 bits per heavy atom. The Hall–Kier alpha value is -2.59. The van der Waals surface area contributed by atoms with Gasteiger partial charge in [-0.2, -0.15) is 0 Å². The van der Waals surface area contributed by atoms with Gasteiger partial charge in [0.25, 0.3) is 0 Å². The van der Waals surface area contributed by atoms with Crippen molar-refractivity contribution in [3.63, 3.8) is 0 Å². The topological polar surface area (TPSA) is 29.9 Å². The fraction of sp³-hybridized carbons (Fsp3) is 0.174. The molecular weight excluding hydrogens is 398 g/mol. The molecule has 2 heterocycles. The lowest BCUT2D eigenvalue weighted by Crippen LogP contribution is -2.27. The number of hydrogen-bond acceptors (Lipinski definition) is 2. The van der Waals surface area contributed by atoms with E-state index in [2.05, 4.69) is 106 Å². The molecular formula is C23H20BrN3. The molecule has 1 aliphatic heterocycles. The van der Waals surface area contributed by atoms with Gasteiger partial charge in [0, 0.05) is 4.47 Å². The van der Waals surface area contributed by atoms with Crippen LogP contribution in [-0.2, 0) is 0 Å². The van der Waals surface area contributed by atoms with Crippen LogP contribution in [0.2, 0.25) is 0 Å².